The third kappa shape index (κ3) is 4.87. The molecule has 2 heterocycles. The lowest BCUT2D eigenvalue weighted by Crippen LogP contribution is -2.27. The molecule has 0 saturated heterocycles. The second kappa shape index (κ2) is 8.10. The van der Waals surface area contributed by atoms with E-state index in [-0.39, 0.29) is 18.2 Å². The van der Waals surface area contributed by atoms with E-state index < -0.39 is 11.7 Å². The molecule has 1 aliphatic heterocycles. The van der Waals surface area contributed by atoms with Crippen LogP contribution in [0.15, 0.2) is 24.3 Å². The zero-order valence-electron chi connectivity index (χ0n) is 15.2. The molecule has 8 heteroatoms. The summed E-state index contributed by atoms with van der Waals surface area (Å²) in [6.45, 7) is 3.11. The Morgan fingerprint density at radius 1 is 1.30 bits per heavy atom. The first-order valence-corrected chi connectivity index (χ1v) is 9.19. The van der Waals surface area contributed by atoms with Crippen LogP contribution in [-0.4, -0.2) is 27.2 Å². The van der Waals surface area contributed by atoms with E-state index in [1.54, 1.807) is 13.0 Å². The number of halogens is 3. The summed E-state index contributed by atoms with van der Waals surface area (Å²) in [5.41, 5.74) is -0.185. The predicted octanol–water partition coefficient (Wildman–Crippen LogP) is 3.49. The van der Waals surface area contributed by atoms with Crippen LogP contribution in [0.4, 0.5) is 13.2 Å². The van der Waals surface area contributed by atoms with Crippen LogP contribution in [-0.2, 0) is 30.4 Å². The van der Waals surface area contributed by atoms with E-state index in [4.69, 9.17) is 0 Å². The van der Waals surface area contributed by atoms with Crippen LogP contribution in [0.1, 0.15) is 54.9 Å². The molecule has 1 amide bonds. The van der Waals surface area contributed by atoms with Crippen LogP contribution < -0.4 is 5.32 Å². The minimum absolute atomic E-state index is 0.138. The lowest BCUT2D eigenvalue weighted by Gasteiger charge is -2.16. The van der Waals surface area contributed by atoms with Gasteiger partial charge in [0.1, 0.15) is 11.6 Å². The minimum Gasteiger partial charge on any atom is -0.356 e. The number of aromatic nitrogens is 3. The molecule has 0 radical (unpaired) electrons. The van der Waals surface area contributed by atoms with Crippen molar-refractivity contribution in [1.29, 1.82) is 0 Å². The molecule has 0 fully saturated rings. The highest BCUT2D eigenvalue weighted by atomic mass is 19.4. The van der Waals surface area contributed by atoms with Crippen molar-refractivity contribution < 1.29 is 18.0 Å². The first kappa shape index (κ1) is 19.4. The number of carbonyl (C=O) groups excluding carboxylic acids is 1. The van der Waals surface area contributed by atoms with E-state index in [9.17, 15) is 18.0 Å². The molecule has 1 unspecified atom stereocenters. The van der Waals surface area contributed by atoms with Gasteiger partial charge in [0.25, 0.3) is 0 Å². The predicted molar refractivity (Wildman–Crippen MR) is 94.1 cm³/mol. The highest BCUT2D eigenvalue weighted by Gasteiger charge is 2.30. The normalized spacial score (nSPS) is 15.3. The number of carbonyl (C=O) groups is 1. The molecule has 0 aliphatic carbocycles. The fourth-order valence-electron chi connectivity index (χ4n) is 3.36. The Morgan fingerprint density at radius 3 is 2.89 bits per heavy atom. The topological polar surface area (TPSA) is 59.8 Å². The summed E-state index contributed by atoms with van der Waals surface area (Å²) >= 11 is 0. The van der Waals surface area contributed by atoms with Crippen molar-refractivity contribution in [3.63, 3.8) is 0 Å². The fraction of sp³-hybridized carbons (Fsp3) is 0.526. The van der Waals surface area contributed by atoms with E-state index in [2.05, 4.69) is 20.1 Å². The number of fused-ring (bicyclic) bond motifs is 1. The molecular weight excluding hydrogens is 357 g/mol. The van der Waals surface area contributed by atoms with Gasteiger partial charge in [-0.1, -0.05) is 25.1 Å². The summed E-state index contributed by atoms with van der Waals surface area (Å²) in [6, 6.07) is 5.15. The number of alkyl halides is 3. The quantitative estimate of drug-likeness (QED) is 0.835. The smallest absolute Gasteiger partial charge is 0.356 e. The van der Waals surface area contributed by atoms with Crippen molar-refractivity contribution in [1.82, 2.24) is 20.1 Å². The Labute approximate surface area is 156 Å². The van der Waals surface area contributed by atoms with Crippen LogP contribution in [0.25, 0.3) is 0 Å². The molecule has 1 aromatic heterocycles. The van der Waals surface area contributed by atoms with Gasteiger partial charge in [-0.05, 0) is 30.4 Å². The van der Waals surface area contributed by atoms with E-state index in [1.807, 2.05) is 0 Å². The monoisotopic (exact) mass is 380 g/mol. The van der Waals surface area contributed by atoms with Crippen LogP contribution in [0.3, 0.4) is 0 Å². The number of aryl methyl sites for hydroxylation is 1. The van der Waals surface area contributed by atoms with E-state index in [1.165, 1.54) is 6.07 Å². The van der Waals surface area contributed by atoms with Crippen molar-refractivity contribution in [2.75, 3.05) is 6.54 Å². The number of benzene rings is 1. The third-order valence-corrected chi connectivity index (χ3v) is 4.88. The Kier molecular flexibility index (Phi) is 5.82. The first-order valence-electron chi connectivity index (χ1n) is 9.19. The van der Waals surface area contributed by atoms with E-state index in [0.717, 1.165) is 49.6 Å². The molecule has 1 aliphatic rings. The maximum atomic E-state index is 12.8. The molecule has 146 valence electrons. The molecule has 0 bridgehead atoms. The summed E-state index contributed by atoms with van der Waals surface area (Å²) in [5, 5.41) is 11.2. The molecule has 1 aromatic carbocycles. The lowest BCUT2D eigenvalue weighted by atomic mass is 9.95. The Balaban J connectivity index is 1.50. The van der Waals surface area contributed by atoms with Gasteiger partial charge in [-0.25, -0.2) is 0 Å². The van der Waals surface area contributed by atoms with Crippen LogP contribution in [0.2, 0.25) is 0 Å². The first-order chi connectivity index (χ1) is 12.8. The molecular formula is C19H23F3N4O. The SMILES string of the molecule is CC(CC(=O)NCCc1nnc2n1CCCC2)c1cccc(C(F)(F)F)c1. The molecule has 2 aromatic rings. The highest BCUT2D eigenvalue weighted by molar-refractivity contribution is 5.76. The average molecular weight is 380 g/mol. The molecule has 3 rings (SSSR count). The number of amides is 1. The maximum Gasteiger partial charge on any atom is 0.416 e. The zero-order valence-corrected chi connectivity index (χ0v) is 15.2. The molecule has 0 spiro atoms. The van der Waals surface area contributed by atoms with Gasteiger partial charge in [0.15, 0.2) is 0 Å². The number of hydrogen-bond acceptors (Lipinski definition) is 3. The molecule has 0 saturated carbocycles. The van der Waals surface area contributed by atoms with E-state index >= 15 is 0 Å². The van der Waals surface area contributed by atoms with Gasteiger partial charge in [0, 0.05) is 32.4 Å². The number of hydrogen-bond donors (Lipinski definition) is 1. The summed E-state index contributed by atoms with van der Waals surface area (Å²) in [5.74, 6) is 1.39. The Bertz CT molecular complexity index is 800. The standard InChI is InChI=1S/C19H23F3N4O/c1-13(14-5-4-6-15(12-14)19(20,21)22)11-18(27)23-9-8-17-25-24-16-7-2-3-10-26(16)17/h4-6,12-13H,2-3,7-11H2,1H3,(H,23,27). The lowest BCUT2D eigenvalue weighted by molar-refractivity contribution is -0.137. The average Bonchev–Trinajstić information content (AvgIpc) is 3.04. The molecule has 27 heavy (non-hydrogen) atoms. The second-order valence-corrected chi connectivity index (χ2v) is 6.97. The van der Waals surface area contributed by atoms with Gasteiger partial charge in [0.05, 0.1) is 5.56 Å². The van der Waals surface area contributed by atoms with Crippen LogP contribution in [0, 0.1) is 0 Å². The second-order valence-electron chi connectivity index (χ2n) is 6.97. The number of nitrogens with zero attached hydrogens (tertiary/aromatic N) is 3. The molecule has 1 N–H and O–H groups in total. The van der Waals surface area contributed by atoms with Crippen molar-refractivity contribution in [2.45, 2.75) is 57.7 Å². The highest BCUT2D eigenvalue weighted by Crippen LogP contribution is 2.31. The van der Waals surface area contributed by atoms with Crippen molar-refractivity contribution in [3.05, 3.63) is 47.0 Å². The number of nitrogens with one attached hydrogen (secondary N) is 1. The number of rotatable bonds is 6. The third-order valence-electron chi connectivity index (χ3n) is 4.88. The van der Waals surface area contributed by atoms with Crippen LogP contribution in [0.5, 0.6) is 0 Å². The van der Waals surface area contributed by atoms with Crippen molar-refractivity contribution in [3.8, 4) is 0 Å². The maximum absolute atomic E-state index is 12.8. The summed E-state index contributed by atoms with van der Waals surface area (Å²) in [4.78, 5) is 12.1. The van der Waals surface area contributed by atoms with Gasteiger partial charge >= 0.3 is 6.18 Å². The van der Waals surface area contributed by atoms with Gasteiger partial charge < -0.3 is 9.88 Å². The summed E-state index contributed by atoms with van der Waals surface area (Å²) < 4.78 is 40.6. The van der Waals surface area contributed by atoms with Crippen molar-refractivity contribution in [2.24, 2.45) is 0 Å². The van der Waals surface area contributed by atoms with Gasteiger partial charge in [0.2, 0.25) is 5.91 Å². The van der Waals surface area contributed by atoms with E-state index in [0.29, 0.717) is 18.5 Å². The summed E-state index contributed by atoms with van der Waals surface area (Å²) in [6.07, 6.45) is -0.472. The fourth-order valence-corrected chi connectivity index (χ4v) is 3.36. The largest absolute Gasteiger partial charge is 0.416 e. The van der Waals surface area contributed by atoms with Crippen molar-refractivity contribution >= 4 is 5.91 Å². The van der Waals surface area contributed by atoms with Gasteiger partial charge in [-0.3, -0.25) is 4.79 Å². The molecule has 1 atom stereocenters. The Hall–Kier alpha value is -2.38. The summed E-state index contributed by atoms with van der Waals surface area (Å²) in [7, 11) is 0. The zero-order chi connectivity index (χ0) is 19.4. The van der Waals surface area contributed by atoms with Gasteiger partial charge in [-0.15, -0.1) is 10.2 Å². The Morgan fingerprint density at radius 2 is 2.11 bits per heavy atom. The molecule has 5 nitrogen and oxygen atoms in total. The van der Waals surface area contributed by atoms with Crippen LogP contribution >= 0.6 is 0 Å². The minimum atomic E-state index is -4.38. The van der Waals surface area contributed by atoms with Gasteiger partial charge in [-0.2, -0.15) is 13.2 Å².